The Hall–Kier alpha value is -5.12. The lowest BCUT2D eigenvalue weighted by Gasteiger charge is -2.15. The molecule has 6 rings (SSSR count). The summed E-state index contributed by atoms with van der Waals surface area (Å²) >= 11 is 1.37. The lowest BCUT2D eigenvalue weighted by Crippen LogP contribution is -2.17. The number of hydrogen-bond acceptors (Lipinski definition) is 7. The molecule has 3 heterocycles. The summed E-state index contributed by atoms with van der Waals surface area (Å²) in [6.07, 6.45) is 2.65. The van der Waals surface area contributed by atoms with E-state index in [-0.39, 0.29) is 24.8 Å². The van der Waals surface area contributed by atoms with E-state index in [4.69, 9.17) is 4.98 Å². The topological polar surface area (TPSA) is 109 Å². The maximum absolute atomic E-state index is 13.3. The third kappa shape index (κ3) is 5.97. The minimum atomic E-state index is -0.820. The number of aliphatic hydroxyl groups is 1. The lowest BCUT2D eigenvalue weighted by molar-refractivity contribution is 0.100. The maximum atomic E-state index is 13.3. The number of thiophene rings is 1. The van der Waals surface area contributed by atoms with Gasteiger partial charge in [-0.25, -0.2) is 4.98 Å². The number of nitrogens with one attached hydrogen (secondary N) is 2. The minimum Gasteiger partial charge on any atom is -0.387 e. The highest BCUT2D eigenvalue weighted by Crippen LogP contribution is 2.30. The Labute approximate surface area is 246 Å². The molecule has 0 aliphatic rings. The average molecular weight is 574 g/mol. The molecule has 8 nitrogen and oxygen atoms in total. The van der Waals surface area contributed by atoms with Gasteiger partial charge in [0.15, 0.2) is 5.78 Å². The molecule has 3 aromatic heterocycles. The molecule has 1 amide bonds. The molecule has 3 aromatic carbocycles. The van der Waals surface area contributed by atoms with Crippen LogP contribution in [0.25, 0.3) is 21.5 Å². The first-order chi connectivity index (χ1) is 20.5. The van der Waals surface area contributed by atoms with Gasteiger partial charge in [-0.15, -0.1) is 11.3 Å². The normalized spacial score (nSPS) is 11.7. The van der Waals surface area contributed by atoms with E-state index in [1.165, 1.54) is 11.3 Å². The van der Waals surface area contributed by atoms with Crippen molar-refractivity contribution < 1.29 is 14.7 Å². The van der Waals surface area contributed by atoms with Crippen molar-refractivity contribution in [3.63, 3.8) is 0 Å². The van der Waals surface area contributed by atoms with Gasteiger partial charge in [-0.05, 0) is 42.0 Å². The van der Waals surface area contributed by atoms with Crippen molar-refractivity contribution in [2.24, 2.45) is 0 Å². The fourth-order valence-electron chi connectivity index (χ4n) is 4.67. The van der Waals surface area contributed by atoms with Crippen molar-refractivity contribution in [1.29, 1.82) is 0 Å². The van der Waals surface area contributed by atoms with Crippen LogP contribution in [0.5, 0.6) is 0 Å². The molecule has 9 heteroatoms. The van der Waals surface area contributed by atoms with Gasteiger partial charge in [0, 0.05) is 34.1 Å². The number of aromatic nitrogens is 3. The summed E-state index contributed by atoms with van der Waals surface area (Å²) in [6.45, 7) is 0.310. The number of benzene rings is 3. The number of anilines is 2. The van der Waals surface area contributed by atoms with E-state index in [1.54, 1.807) is 35.2 Å². The second kappa shape index (κ2) is 12.2. The number of amides is 1. The van der Waals surface area contributed by atoms with Crippen LogP contribution >= 0.6 is 11.3 Å². The number of carbonyl (C=O) groups excluding carboxylic acids is 2. The summed E-state index contributed by atoms with van der Waals surface area (Å²) in [4.78, 5) is 36.3. The van der Waals surface area contributed by atoms with Crippen molar-refractivity contribution in [2.45, 2.75) is 12.6 Å². The first-order valence-corrected chi connectivity index (χ1v) is 14.2. The first-order valence-electron chi connectivity index (χ1n) is 13.4. The maximum Gasteiger partial charge on any atom is 0.268 e. The molecule has 0 fully saturated rings. The number of rotatable bonds is 10. The molecule has 42 heavy (non-hydrogen) atoms. The van der Waals surface area contributed by atoms with Gasteiger partial charge in [-0.3, -0.25) is 19.9 Å². The second-order valence-electron chi connectivity index (χ2n) is 9.68. The predicted octanol–water partition coefficient (Wildman–Crippen LogP) is 6.44. The number of imidazole rings is 1. The second-order valence-corrected chi connectivity index (χ2v) is 10.8. The number of pyridine rings is 1. The quantitative estimate of drug-likeness (QED) is 0.163. The molecule has 3 N–H and O–H groups in total. The molecule has 6 aromatic rings. The van der Waals surface area contributed by atoms with Crippen molar-refractivity contribution >= 4 is 45.7 Å². The van der Waals surface area contributed by atoms with Gasteiger partial charge in [0.05, 0.1) is 35.1 Å². The van der Waals surface area contributed by atoms with Crippen LogP contribution in [0.2, 0.25) is 0 Å². The molecule has 208 valence electrons. The Morgan fingerprint density at radius 3 is 2.45 bits per heavy atom. The summed E-state index contributed by atoms with van der Waals surface area (Å²) in [5.74, 6) is -0.00622. The fourth-order valence-corrected chi connectivity index (χ4v) is 5.56. The lowest BCUT2D eigenvalue weighted by atomic mass is 10.1. The number of ketones is 1. The monoisotopic (exact) mass is 573 g/mol. The van der Waals surface area contributed by atoms with E-state index in [1.807, 2.05) is 84.9 Å². The summed E-state index contributed by atoms with van der Waals surface area (Å²) < 4.78 is 1.80. The summed E-state index contributed by atoms with van der Waals surface area (Å²) in [5, 5.41) is 17.2. The molecule has 0 aliphatic heterocycles. The van der Waals surface area contributed by atoms with Gasteiger partial charge in [-0.1, -0.05) is 66.7 Å². The third-order valence-corrected chi connectivity index (χ3v) is 7.97. The van der Waals surface area contributed by atoms with Gasteiger partial charge >= 0.3 is 0 Å². The van der Waals surface area contributed by atoms with Crippen molar-refractivity contribution in [2.75, 3.05) is 17.2 Å². The van der Waals surface area contributed by atoms with Gasteiger partial charge in [0.1, 0.15) is 0 Å². The van der Waals surface area contributed by atoms with Crippen LogP contribution in [0.4, 0.5) is 11.6 Å². The van der Waals surface area contributed by atoms with E-state index >= 15 is 0 Å². The molecule has 0 saturated carbocycles. The van der Waals surface area contributed by atoms with Gasteiger partial charge < -0.3 is 15.0 Å². The van der Waals surface area contributed by atoms with Crippen LogP contribution in [0.15, 0.2) is 116 Å². The van der Waals surface area contributed by atoms with E-state index in [9.17, 15) is 14.7 Å². The smallest absolute Gasteiger partial charge is 0.268 e. The highest BCUT2D eigenvalue weighted by molar-refractivity contribution is 7.17. The Balaban J connectivity index is 1.27. The van der Waals surface area contributed by atoms with Crippen molar-refractivity contribution in [1.82, 2.24) is 14.5 Å². The van der Waals surface area contributed by atoms with E-state index in [0.717, 1.165) is 27.2 Å². The van der Waals surface area contributed by atoms with Crippen molar-refractivity contribution in [3.8, 4) is 10.4 Å². The summed E-state index contributed by atoms with van der Waals surface area (Å²) in [7, 11) is 0. The number of nitrogens with zero attached hydrogens (tertiary/aromatic N) is 3. The summed E-state index contributed by atoms with van der Waals surface area (Å²) in [5.41, 5.74) is 4.40. The third-order valence-electron chi connectivity index (χ3n) is 6.84. The number of fused-ring (bicyclic) bond motifs is 1. The molecule has 0 radical (unpaired) electrons. The van der Waals surface area contributed by atoms with Crippen molar-refractivity contribution in [3.05, 3.63) is 132 Å². The van der Waals surface area contributed by atoms with Gasteiger partial charge in [-0.2, -0.15) is 0 Å². The molecular formula is C33H27N5O3S. The largest absolute Gasteiger partial charge is 0.387 e. The minimum absolute atomic E-state index is 0.0261. The number of Topliss-reactive ketones (excluding diaryl/α,β-unsaturated/α-hetero) is 1. The van der Waals surface area contributed by atoms with E-state index in [2.05, 4.69) is 15.6 Å². The van der Waals surface area contributed by atoms with Crippen LogP contribution in [-0.4, -0.2) is 37.9 Å². The number of carbonyl (C=O) groups is 2. The van der Waals surface area contributed by atoms with Crippen LogP contribution in [-0.2, 0) is 6.54 Å². The molecule has 0 spiro atoms. The standard InChI is InChI=1S/C33H27N5O3S/c39-28(22-8-3-1-4-9-22)20-35-25-13-14-27-26(18-25)36-33(38(27)21-29(40)23-10-5-2-6-11-23)37-32(41)31-16-15-30(42-31)24-12-7-17-34-19-24/h1-19,29,35,40H,20-21H2,(H,36,37,41)/t29-/m0/s1. The first kappa shape index (κ1) is 27.1. The molecule has 0 unspecified atom stereocenters. The van der Waals surface area contributed by atoms with Gasteiger partial charge in [0.25, 0.3) is 5.91 Å². The van der Waals surface area contributed by atoms with E-state index in [0.29, 0.717) is 21.9 Å². The SMILES string of the molecule is O=C(CNc1ccc2c(c1)nc(NC(=O)c1ccc(-c3cccnc3)s1)n2C[C@H](O)c1ccccc1)c1ccccc1. The molecular weight excluding hydrogens is 546 g/mol. The Morgan fingerprint density at radius 2 is 1.69 bits per heavy atom. The highest BCUT2D eigenvalue weighted by atomic mass is 32.1. The molecule has 0 saturated heterocycles. The zero-order valence-electron chi connectivity index (χ0n) is 22.5. The van der Waals surface area contributed by atoms with Crippen LogP contribution < -0.4 is 10.6 Å². The average Bonchev–Trinajstić information content (AvgIpc) is 3.66. The Bertz CT molecular complexity index is 1840. The van der Waals surface area contributed by atoms with Gasteiger partial charge in [0.2, 0.25) is 5.95 Å². The van der Waals surface area contributed by atoms with Crippen LogP contribution in [0.1, 0.15) is 31.7 Å². The molecule has 1 atom stereocenters. The van der Waals surface area contributed by atoms with Crippen LogP contribution in [0, 0.1) is 0 Å². The zero-order valence-corrected chi connectivity index (χ0v) is 23.3. The predicted molar refractivity (Wildman–Crippen MR) is 166 cm³/mol. The Morgan fingerprint density at radius 1 is 0.905 bits per heavy atom. The van der Waals surface area contributed by atoms with Crippen LogP contribution in [0.3, 0.4) is 0 Å². The number of aliphatic hydroxyl groups excluding tert-OH is 1. The summed E-state index contributed by atoms with van der Waals surface area (Å²) in [6, 6.07) is 31.5. The molecule has 0 bridgehead atoms. The number of hydrogen-bond donors (Lipinski definition) is 3. The highest BCUT2D eigenvalue weighted by Gasteiger charge is 2.19. The van der Waals surface area contributed by atoms with E-state index < -0.39 is 6.10 Å². The Kier molecular flexibility index (Phi) is 7.85. The zero-order chi connectivity index (χ0) is 28.9. The fraction of sp³-hybridized carbons (Fsp3) is 0.0909. The molecule has 0 aliphatic carbocycles.